The highest BCUT2D eigenvalue weighted by Gasteiger charge is 2.11. The van der Waals surface area contributed by atoms with Gasteiger partial charge >= 0.3 is 0 Å². The molecule has 4 rings (SSSR count). The maximum atomic E-state index is 12.2. The number of benzene rings is 3. The van der Waals surface area contributed by atoms with E-state index < -0.39 is 20.0 Å². The summed E-state index contributed by atoms with van der Waals surface area (Å²) in [6, 6.07) is 24.2. The zero-order chi connectivity index (χ0) is 23.9. The second-order valence-electron chi connectivity index (χ2n) is 6.76. The summed E-state index contributed by atoms with van der Waals surface area (Å²) in [6.07, 6.45) is 3.08. The van der Waals surface area contributed by atoms with Gasteiger partial charge in [0.05, 0.1) is 27.1 Å². The number of para-hydroxylation sites is 1. The monoisotopic (exact) mass is 480 g/mol. The number of nitrogens with two attached hydrogens (primary N) is 1. The number of primary sulfonamides is 1. The van der Waals surface area contributed by atoms with Gasteiger partial charge in [0.2, 0.25) is 10.0 Å². The van der Waals surface area contributed by atoms with Gasteiger partial charge in [0.15, 0.2) is 0 Å². The highest BCUT2D eigenvalue weighted by Crippen LogP contribution is 2.26. The summed E-state index contributed by atoms with van der Waals surface area (Å²) in [6.45, 7) is 0. The maximum absolute atomic E-state index is 12.2. The zero-order valence-corrected chi connectivity index (χ0v) is 18.8. The Morgan fingerprint density at radius 3 is 2.09 bits per heavy atom. The molecule has 1 aromatic heterocycles. The third-order valence-corrected chi connectivity index (χ3v) is 6.33. The van der Waals surface area contributed by atoms with Crippen LogP contribution >= 0.6 is 0 Å². The van der Waals surface area contributed by atoms with Gasteiger partial charge in [-0.2, -0.15) is 5.26 Å². The molecule has 0 aliphatic carbocycles. The Morgan fingerprint density at radius 2 is 1.52 bits per heavy atom. The SMILES string of the molecule is N#Cc1c[nH]c2c(NS(=O)(=O)C=Cc3ccccc3)cccc12.NS(=O)(=O)c1ccccc1. The van der Waals surface area contributed by atoms with E-state index in [1.807, 2.05) is 30.3 Å². The van der Waals surface area contributed by atoms with Crippen molar-refractivity contribution in [3.8, 4) is 6.07 Å². The molecule has 0 saturated heterocycles. The predicted octanol–water partition coefficient (Wildman–Crippen LogP) is 3.79. The number of H-pyrrole nitrogens is 1. The van der Waals surface area contributed by atoms with Gasteiger partial charge < -0.3 is 4.98 Å². The van der Waals surface area contributed by atoms with Gasteiger partial charge in [0, 0.05) is 11.6 Å². The van der Waals surface area contributed by atoms with E-state index in [4.69, 9.17) is 10.4 Å². The molecule has 33 heavy (non-hydrogen) atoms. The molecular formula is C23H20N4O4S2. The minimum Gasteiger partial charge on any atom is -0.358 e. The first-order valence-corrected chi connectivity index (χ1v) is 12.6. The van der Waals surface area contributed by atoms with E-state index in [2.05, 4.69) is 15.8 Å². The highest BCUT2D eigenvalue weighted by molar-refractivity contribution is 7.95. The lowest BCUT2D eigenvalue weighted by Gasteiger charge is -2.06. The van der Waals surface area contributed by atoms with E-state index in [0.717, 1.165) is 11.0 Å². The Bertz CT molecular complexity index is 1520. The average molecular weight is 481 g/mol. The number of sulfonamides is 2. The molecule has 8 nitrogen and oxygen atoms in total. The van der Waals surface area contributed by atoms with Crippen LogP contribution in [0, 0.1) is 11.3 Å². The molecule has 0 bridgehead atoms. The Balaban J connectivity index is 0.000000257. The summed E-state index contributed by atoms with van der Waals surface area (Å²) in [5, 5.41) is 15.7. The van der Waals surface area contributed by atoms with Crippen LogP contribution in [0.2, 0.25) is 0 Å². The van der Waals surface area contributed by atoms with Gasteiger partial charge in [-0.05, 0) is 29.8 Å². The Morgan fingerprint density at radius 1 is 0.879 bits per heavy atom. The van der Waals surface area contributed by atoms with Crippen molar-refractivity contribution in [1.82, 2.24) is 4.98 Å². The molecular weight excluding hydrogens is 460 g/mol. The van der Waals surface area contributed by atoms with Crippen molar-refractivity contribution in [3.05, 3.63) is 102 Å². The van der Waals surface area contributed by atoms with Crippen molar-refractivity contribution in [1.29, 1.82) is 5.26 Å². The molecule has 0 aliphatic rings. The van der Waals surface area contributed by atoms with E-state index >= 15 is 0 Å². The van der Waals surface area contributed by atoms with Crippen molar-refractivity contribution < 1.29 is 16.8 Å². The number of anilines is 1. The fraction of sp³-hybridized carbons (Fsp3) is 0. The van der Waals surface area contributed by atoms with Gasteiger partial charge in [-0.3, -0.25) is 4.72 Å². The van der Waals surface area contributed by atoms with Crippen LogP contribution in [-0.2, 0) is 20.0 Å². The minimum absolute atomic E-state index is 0.148. The number of aromatic amines is 1. The van der Waals surface area contributed by atoms with Crippen LogP contribution in [0.4, 0.5) is 5.69 Å². The molecule has 0 amide bonds. The molecule has 0 unspecified atom stereocenters. The van der Waals surface area contributed by atoms with Crippen LogP contribution in [0.1, 0.15) is 11.1 Å². The first-order chi connectivity index (χ1) is 15.7. The Labute approximate surface area is 192 Å². The molecule has 0 saturated carbocycles. The molecule has 0 fully saturated rings. The molecule has 0 atom stereocenters. The first kappa shape index (κ1) is 23.7. The number of nitrogens with one attached hydrogen (secondary N) is 2. The Hall–Kier alpha value is -3.91. The summed E-state index contributed by atoms with van der Waals surface area (Å²) < 4.78 is 48.2. The molecule has 0 aliphatic heterocycles. The fourth-order valence-corrected chi connectivity index (χ4v) is 4.28. The number of fused-ring (bicyclic) bond motifs is 1. The van der Waals surface area contributed by atoms with Crippen LogP contribution in [0.25, 0.3) is 17.0 Å². The van der Waals surface area contributed by atoms with E-state index in [1.54, 1.807) is 42.6 Å². The van der Waals surface area contributed by atoms with Crippen molar-refractivity contribution in [2.24, 2.45) is 5.14 Å². The predicted molar refractivity (Wildman–Crippen MR) is 129 cm³/mol. The normalized spacial score (nSPS) is 11.5. The van der Waals surface area contributed by atoms with Gasteiger partial charge in [-0.1, -0.05) is 60.7 Å². The topological polar surface area (TPSA) is 146 Å². The third kappa shape index (κ3) is 6.54. The number of nitriles is 1. The number of hydrogen-bond acceptors (Lipinski definition) is 5. The van der Waals surface area contributed by atoms with E-state index in [9.17, 15) is 16.8 Å². The summed E-state index contributed by atoms with van der Waals surface area (Å²) in [5.41, 5.74) is 2.26. The zero-order valence-electron chi connectivity index (χ0n) is 17.2. The van der Waals surface area contributed by atoms with Gasteiger partial charge in [0.25, 0.3) is 10.0 Å². The molecule has 1 heterocycles. The standard InChI is InChI=1S/C17H13N3O2S.C6H7NO2S/c18-11-14-12-19-17-15(14)7-4-8-16(17)20-23(21,22)10-9-13-5-2-1-3-6-13;7-10(8,9)6-4-2-1-3-5-6/h1-10,12,19-20H;1-5H,(H2,7,8,9). The Kier molecular flexibility index (Phi) is 7.30. The number of nitrogens with zero attached hydrogens (tertiary/aromatic N) is 1. The van der Waals surface area contributed by atoms with E-state index in [-0.39, 0.29) is 4.90 Å². The van der Waals surface area contributed by atoms with Crippen LogP contribution in [-0.4, -0.2) is 21.8 Å². The summed E-state index contributed by atoms with van der Waals surface area (Å²) in [4.78, 5) is 3.08. The lowest BCUT2D eigenvalue weighted by atomic mass is 10.2. The molecule has 0 spiro atoms. The van der Waals surface area contributed by atoms with Crippen LogP contribution in [0.5, 0.6) is 0 Å². The van der Waals surface area contributed by atoms with E-state index in [1.165, 1.54) is 18.2 Å². The third-order valence-electron chi connectivity index (χ3n) is 4.40. The van der Waals surface area contributed by atoms with Crippen molar-refractivity contribution in [3.63, 3.8) is 0 Å². The molecule has 4 N–H and O–H groups in total. The number of hydrogen-bond donors (Lipinski definition) is 3. The molecule has 168 valence electrons. The van der Waals surface area contributed by atoms with Crippen LogP contribution in [0.15, 0.2) is 95.4 Å². The second kappa shape index (κ2) is 10.1. The van der Waals surface area contributed by atoms with Gasteiger partial charge in [-0.15, -0.1) is 0 Å². The van der Waals surface area contributed by atoms with Gasteiger partial charge in [-0.25, -0.2) is 22.0 Å². The molecule has 3 aromatic carbocycles. The summed E-state index contributed by atoms with van der Waals surface area (Å²) in [7, 11) is -7.16. The quantitative estimate of drug-likeness (QED) is 0.398. The molecule has 0 radical (unpaired) electrons. The maximum Gasteiger partial charge on any atom is 0.255 e. The summed E-state index contributed by atoms with van der Waals surface area (Å²) >= 11 is 0. The highest BCUT2D eigenvalue weighted by atomic mass is 32.2. The fourth-order valence-electron chi connectivity index (χ4n) is 2.86. The first-order valence-electron chi connectivity index (χ1n) is 9.53. The van der Waals surface area contributed by atoms with Crippen molar-refractivity contribution in [2.45, 2.75) is 4.90 Å². The van der Waals surface area contributed by atoms with E-state index in [0.29, 0.717) is 22.2 Å². The largest absolute Gasteiger partial charge is 0.358 e. The van der Waals surface area contributed by atoms with Gasteiger partial charge in [0.1, 0.15) is 6.07 Å². The summed E-state index contributed by atoms with van der Waals surface area (Å²) in [5.74, 6) is 0. The van der Waals surface area contributed by atoms with Crippen molar-refractivity contribution in [2.75, 3.05) is 4.72 Å². The minimum atomic E-state index is -3.66. The lowest BCUT2D eigenvalue weighted by Crippen LogP contribution is -2.11. The van der Waals surface area contributed by atoms with Crippen LogP contribution < -0.4 is 9.86 Å². The smallest absolute Gasteiger partial charge is 0.255 e. The van der Waals surface area contributed by atoms with Crippen molar-refractivity contribution >= 4 is 42.7 Å². The number of aromatic nitrogens is 1. The van der Waals surface area contributed by atoms with Crippen LogP contribution in [0.3, 0.4) is 0 Å². The second-order valence-corrected chi connectivity index (χ2v) is 9.89. The average Bonchev–Trinajstić information content (AvgIpc) is 3.23. The lowest BCUT2D eigenvalue weighted by molar-refractivity contribution is 0.597. The number of rotatable bonds is 5. The molecule has 4 aromatic rings. The molecule has 10 heteroatoms.